The molecule has 1 heterocycles. The van der Waals surface area contributed by atoms with Gasteiger partial charge in [0.15, 0.2) is 0 Å². The summed E-state index contributed by atoms with van der Waals surface area (Å²) in [5, 5.41) is 12.0. The first-order chi connectivity index (χ1) is 11.6. The fourth-order valence-corrected chi connectivity index (χ4v) is 2.65. The summed E-state index contributed by atoms with van der Waals surface area (Å²) in [6.07, 6.45) is 0. The molecule has 122 valence electrons. The summed E-state index contributed by atoms with van der Waals surface area (Å²) >= 11 is 0. The van der Waals surface area contributed by atoms with E-state index in [0.29, 0.717) is 17.1 Å². The van der Waals surface area contributed by atoms with E-state index in [4.69, 9.17) is 9.52 Å². The van der Waals surface area contributed by atoms with Crippen molar-refractivity contribution in [1.29, 1.82) is 0 Å². The lowest BCUT2D eigenvalue weighted by atomic mass is 10.0. The Balaban J connectivity index is 1.82. The molecule has 1 amide bonds. The molecule has 0 saturated carbocycles. The third-order valence-corrected chi connectivity index (χ3v) is 3.96. The molecule has 0 unspecified atom stereocenters. The highest BCUT2D eigenvalue weighted by molar-refractivity contribution is 6.05. The number of anilines is 1. The Bertz CT molecular complexity index is 880. The van der Waals surface area contributed by atoms with E-state index in [9.17, 15) is 4.79 Å². The standard InChI is InChI=1S/C20H19NO3/c1-13-5-3-4-6-18(13)20(23)21-15-7-9-17(14(2)11-15)19-10-8-16(12-22)24-19/h3-11,22H,12H2,1-2H3,(H,21,23). The van der Waals surface area contributed by atoms with Crippen LogP contribution >= 0.6 is 0 Å². The van der Waals surface area contributed by atoms with Gasteiger partial charge in [-0.3, -0.25) is 4.79 Å². The molecule has 2 aromatic carbocycles. The van der Waals surface area contributed by atoms with Gasteiger partial charge < -0.3 is 14.8 Å². The van der Waals surface area contributed by atoms with Crippen LogP contribution in [0, 0.1) is 13.8 Å². The van der Waals surface area contributed by atoms with Crippen molar-refractivity contribution in [1.82, 2.24) is 0 Å². The second-order valence-corrected chi connectivity index (χ2v) is 5.72. The van der Waals surface area contributed by atoms with Crippen LogP contribution in [0.5, 0.6) is 0 Å². The lowest BCUT2D eigenvalue weighted by molar-refractivity contribution is 0.102. The molecule has 0 bridgehead atoms. The Morgan fingerprint density at radius 1 is 1.04 bits per heavy atom. The fourth-order valence-electron chi connectivity index (χ4n) is 2.65. The van der Waals surface area contributed by atoms with Crippen LogP contribution in [0.1, 0.15) is 27.2 Å². The van der Waals surface area contributed by atoms with Gasteiger partial charge in [0.25, 0.3) is 5.91 Å². The van der Waals surface area contributed by atoms with E-state index in [0.717, 1.165) is 22.4 Å². The van der Waals surface area contributed by atoms with Crippen LogP contribution in [-0.4, -0.2) is 11.0 Å². The average Bonchev–Trinajstić information content (AvgIpc) is 3.04. The maximum atomic E-state index is 12.4. The van der Waals surface area contributed by atoms with Crippen molar-refractivity contribution in [2.24, 2.45) is 0 Å². The Morgan fingerprint density at radius 2 is 1.83 bits per heavy atom. The molecule has 0 aliphatic carbocycles. The van der Waals surface area contributed by atoms with E-state index < -0.39 is 0 Å². The zero-order chi connectivity index (χ0) is 17.1. The molecule has 1 aromatic heterocycles. The number of aryl methyl sites for hydroxylation is 2. The lowest BCUT2D eigenvalue weighted by Gasteiger charge is -2.10. The van der Waals surface area contributed by atoms with E-state index in [1.807, 2.05) is 62.4 Å². The minimum atomic E-state index is -0.124. The smallest absolute Gasteiger partial charge is 0.255 e. The van der Waals surface area contributed by atoms with Crippen LogP contribution < -0.4 is 5.32 Å². The van der Waals surface area contributed by atoms with E-state index in [-0.39, 0.29) is 12.5 Å². The number of aliphatic hydroxyl groups excluding tert-OH is 1. The first kappa shape index (κ1) is 16.0. The highest BCUT2D eigenvalue weighted by atomic mass is 16.4. The minimum Gasteiger partial charge on any atom is -0.459 e. The van der Waals surface area contributed by atoms with Gasteiger partial charge in [-0.05, 0) is 61.4 Å². The number of nitrogens with one attached hydrogen (secondary N) is 1. The molecule has 0 aliphatic heterocycles. The van der Waals surface area contributed by atoms with Crippen molar-refractivity contribution in [3.8, 4) is 11.3 Å². The zero-order valence-corrected chi connectivity index (χ0v) is 13.7. The Kier molecular flexibility index (Phi) is 4.49. The quantitative estimate of drug-likeness (QED) is 0.753. The van der Waals surface area contributed by atoms with E-state index in [1.54, 1.807) is 6.07 Å². The number of rotatable bonds is 4. The number of furan rings is 1. The number of aliphatic hydroxyl groups is 1. The highest BCUT2D eigenvalue weighted by Crippen LogP contribution is 2.28. The summed E-state index contributed by atoms with van der Waals surface area (Å²) in [4.78, 5) is 12.4. The molecule has 4 heteroatoms. The van der Waals surface area contributed by atoms with E-state index >= 15 is 0 Å². The molecular formula is C20H19NO3. The van der Waals surface area contributed by atoms with Crippen LogP contribution in [0.2, 0.25) is 0 Å². The molecule has 3 rings (SSSR count). The molecule has 0 saturated heterocycles. The number of amides is 1. The van der Waals surface area contributed by atoms with Crippen LogP contribution in [0.15, 0.2) is 59.0 Å². The zero-order valence-electron chi connectivity index (χ0n) is 13.7. The SMILES string of the molecule is Cc1ccccc1C(=O)Nc1ccc(-c2ccc(CO)o2)c(C)c1. The summed E-state index contributed by atoms with van der Waals surface area (Å²) in [5.74, 6) is 1.11. The molecule has 24 heavy (non-hydrogen) atoms. The summed E-state index contributed by atoms with van der Waals surface area (Å²) in [6.45, 7) is 3.75. The molecule has 0 aliphatic rings. The largest absolute Gasteiger partial charge is 0.459 e. The molecule has 0 fully saturated rings. The second-order valence-electron chi connectivity index (χ2n) is 5.72. The third kappa shape index (κ3) is 3.24. The fraction of sp³-hybridized carbons (Fsp3) is 0.150. The molecule has 4 nitrogen and oxygen atoms in total. The first-order valence-electron chi connectivity index (χ1n) is 7.76. The van der Waals surface area contributed by atoms with Crippen molar-refractivity contribution >= 4 is 11.6 Å². The monoisotopic (exact) mass is 321 g/mol. The van der Waals surface area contributed by atoms with Crippen LogP contribution in [0.4, 0.5) is 5.69 Å². The maximum Gasteiger partial charge on any atom is 0.255 e. The summed E-state index contributed by atoms with van der Waals surface area (Å²) in [5.41, 5.74) is 4.26. The predicted molar refractivity (Wildman–Crippen MR) is 93.9 cm³/mol. The molecular weight excluding hydrogens is 302 g/mol. The number of benzene rings is 2. The van der Waals surface area contributed by atoms with Crippen LogP contribution in [0.25, 0.3) is 11.3 Å². The second kappa shape index (κ2) is 6.72. The van der Waals surface area contributed by atoms with Crippen molar-refractivity contribution in [3.63, 3.8) is 0 Å². The van der Waals surface area contributed by atoms with Gasteiger partial charge in [-0.15, -0.1) is 0 Å². The summed E-state index contributed by atoms with van der Waals surface area (Å²) in [6, 6.07) is 16.7. The van der Waals surface area contributed by atoms with Gasteiger partial charge in [0.1, 0.15) is 18.1 Å². The number of hydrogen-bond donors (Lipinski definition) is 2. The average molecular weight is 321 g/mol. The van der Waals surface area contributed by atoms with Crippen molar-refractivity contribution in [3.05, 3.63) is 77.0 Å². The summed E-state index contributed by atoms with van der Waals surface area (Å²) in [7, 11) is 0. The number of carbonyl (C=O) groups is 1. The third-order valence-electron chi connectivity index (χ3n) is 3.96. The number of carbonyl (C=O) groups excluding carboxylic acids is 1. The molecule has 3 aromatic rings. The van der Waals surface area contributed by atoms with Crippen molar-refractivity contribution in [2.45, 2.75) is 20.5 Å². The van der Waals surface area contributed by atoms with Gasteiger partial charge in [-0.25, -0.2) is 0 Å². The summed E-state index contributed by atoms with van der Waals surface area (Å²) < 4.78 is 5.57. The normalized spacial score (nSPS) is 10.6. The van der Waals surface area contributed by atoms with Gasteiger partial charge in [0.05, 0.1) is 0 Å². The van der Waals surface area contributed by atoms with Crippen LogP contribution in [0.3, 0.4) is 0 Å². The van der Waals surface area contributed by atoms with Gasteiger partial charge >= 0.3 is 0 Å². The molecule has 0 radical (unpaired) electrons. The van der Waals surface area contributed by atoms with Crippen molar-refractivity contribution < 1.29 is 14.3 Å². The topological polar surface area (TPSA) is 62.5 Å². The number of hydrogen-bond acceptors (Lipinski definition) is 3. The van der Waals surface area contributed by atoms with Gasteiger partial charge in [0, 0.05) is 16.8 Å². The Labute approximate surface area is 140 Å². The van der Waals surface area contributed by atoms with Gasteiger partial charge in [-0.2, -0.15) is 0 Å². The van der Waals surface area contributed by atoms with Crippen molar-refractivity contribution in [2.75, 3.05) is 5.32 Å². The Hall–Kier alpha value is -2.85. The van der Waals surface area contributed by atoms with E-state index in [1.165, 1.54) is 0 Å². The maximum absolute atomic E-state index is 12.4. The molecule has 0 spiro atoms. The van der Waals surface area contributed by atoms with Gasteiger partial charge in [0.2, 0.25) is 0 Å². The van der Waals surface area contributed by atoms with Crippen LogP contribution in [-0.2, 0) is 6.61 Å². The molecule has 2 N–H and O–H groups in total. The predicted octanol–water partition coefficient (Wildman–Crippen LogP) is 4.31. The van der Waals surface area contributed by atoms with Gasteiger partial charge in [-0.1, -0.05) is 18.2 Å². The Morgan fingerprint density at radius 3 is 2.50 bits per heavy atom. The lowest BCUT2D eigenvalue weighted by Crippen LogP contribution is -2.13. The minimum absolute atomic E-state index is 0.121. The highest BCUT2D eigenvalue weighted by Gasteiger charge is 2.11. The van der Waals surface area contributed by atoms with E-state index in [2.05, 4.69) is 5.32 Å². The molecule has 0 atom stereocenters. The first-order valence-corrected chi connectivity index (χ1v) is 7.76.